The van der Waals surface area contributed by atoms with E-state index in [0.29, 0.717) is 18.8 Å². The normalized spacial score (nSPS) is 17.3. The first-order chi connectivity index (χ1) is 10.1. The van der Waals surface area contributed by atoms with E-state index in [-0.39, 0.29) is 12.5 Å². The van der Waals surface area contributed by atoms with E-state index in [9.17, 15) is 9.59 Å². The average molecular weight is 292 g/mol. The molecular weight excluding hydrogens is 272 g/mol. The number of hydrogen-bond acceptors (Lipinski definition) is 4. The second-order valence-corrected chi connectivity index (χ2v) is 5.10. The minimum absolute atomic E-state index is 0.157. The van der Waals surface area contributed by atoms with Gasteiger partial charge in [-0.1, -0.05) is 12.1 Å². The molecule has 1 fully saturated rings. The van der Waals surface area contributed by atoms with Gasteiger partial charge in [0.15, 0.2) is 6.61 Å². The van der Waals surface area contributed by atoms with Gasteiger partial charge in [0.25, 0.3) is 11.8 Å². The molecule has 114 valence electrons. The lowest BCUT2D eigenvalue weighted by Crippen LogP contribution is -2.47. The van der Waals surface area contributed by atoms with Crippen molar-refractivity contribution in [1.82, 2.24) is 10.9 Å². The van der Waals surface area contributed by atoms with Crippen molar-refractivity contribution in [3.8, 4) is 5.75 Å². The Hall–Kier alpha value is -2.08. The molecule has 2 amide bonds. The Morgan fingerprint density at radius 1 is 1.33 bits per heavy atom. The molecule has 0 saturated carbocycles. The number of hydrogen-bond donors (Lipinski definition) is 2. The smallest absolute Gasteiger partial charge is 0.276 e. The summed E-state index contributed by atoms with van der Waals surface area (Å²) < 4.78 is 10.7. The minimum Gasteiger partial charge on any atom is -0.483 e. The fourth-order valence-electron chi connectivity index (χ4n) is 2.04. The lowest BCUT2D eigenvalue weighted by Gasteiger charge is -2.12. The Bertz CT molecular complexity index is 524. The van der Waals surface area contributed by atoms with Crippen molar-refractivity contribution < 1.29 is 19.1 Å². The zero-order valence-electron chi connectivity index (χ0n) is 12.3. The predicted molar refractivity (Wildman–Crippen MR) is 76.7 cm³/mol. The summed E-state index contributed by atoms with van der Waals surface area (Å²) in [5, 5.41) is 0. The number of aryl methyl sites for hydroxylation is 2. The van der Waals surface area contributed by atoms with Gasteiger partial charge < -0.3 is 9.47 Å². The number of hydrazine groups is 1. The molecule has 0 bridgehead atoms. The van der Waals surface area contributed by atoms with E-state index in [4.69, 9.17) is 9.47 Å². The van der Waals surface area contributed by atoms with Crippen LogP contribution in [0.25, 0.3) is 0 Å². The molecule has 1 aromatic carbocycles. The van der Waals surface area contributed by atoms with Gasteiger partial charge in [-0.3, -0.25) is 20.4 Å². The van der Waals surface area contributed by atoms with Crippen LogP contribution in [0.2, 0.25) is 0 Å². The van der Waals surface area contributed by atoms with Gasteiger partial charge >= 0.3 is 0 Å². The van der Waals surface area contributed by atoms with Crippen molar-refractivity contribution in [3.63, 3.8) is 0 Å². The summed E-state index contributed by atoms with van der Waals surface area (Å²) in [5.41, 5.74) is 6.68. The van der Waals surface area contributed by atoms with E-state index in [1.54, 1.807) is 0 Å². The number of nitrogens with one attached hydrogen (secondary N) is 2. The van der Waals surface area contributed by atoms with Gasteiger partial charge in [0.05, 0.1) is 0 Å². The summed E-state index contributed by atoms with van der Waals surface area (Å²) in [6.45, 7) is 4.29. The molecule has 6 heteroatoms. The highest BCUT2D eigenvalue weighted by molar-refractivity contribution is 5.85. The molecule has 0 radical (unpaired) electrons. The van der Waals surface area contributed by atoms with Gasteiger partial charge in [-0.15, -0.1) is 0 Å². The molecule has 21 heavy (non-hydrogen) atoms. The second-order valence-electron chi connectivity index (χ2n) is 5.10. The van der Waals surface area contributed by atoms with Gasteiger partial charge in [-0.2, -0.15) is 0 Å². The molecule has 1 saturated heterocycles. The number of carbonyl (C=O) groups excluding carboxylic acids is 2. The quantitative estimate of drug-likeness (QED) is 0.812. The molecule has 0 spiro atoms. The van der Waals surface area contributed by atoms with Crippen LogP contribution in [0, 0.1) is 13.8 Å². The minimum atomic E-state index is -0.467. The maximum absolute atomic E-state index is 11.6. The SMILES string of the molecule is Cc1ccc(C)c(OCC(=O)NNC(=O)C2CCCO2)c1. The first kappa shape index (κ1) is 15.3. The van der Waals surface area contributed by atoms with Crippen molar-refractivity contribution in [3.05, 3.63) is 29.3 Å². The highest BCUT2D eigenvalue weighted by Crippen LogP contribution is 2.18. The van der Waals surface area contributed by atoms with Crippen LogP contribution in [-0.4, -0.2) is 31.1 Å². The van der Waals surface area contributed by atoms with Crippen molar-refractivity contribution in [2.75, 3.05) is 13.2 Å². The average Bonchev–Trinajstić information content (AvgIpc) is 3.00. The Labute approximate surface area is 123 Å². The van der Waals surface area contributed by atoms with E-state index in [1.807, 2.05) is 32.0 Å². The van der Waals surface area contributed by atoms with Crippen LogP contribution < -0.4 is 15.6 Å². The van der Waals surface area contributed by atoms with Crippen LogP contribution in [0.4, 0.5) is 0 Å². The zero-order valence-corrected chi connectivity index (χ0v) is 12.3. The summed E-state index contributed by atoms with van der Waals surface area (Å²) >= 11 is 0. The molecule has 1 unspecified atom stereocenters. The number of rotatable bonds is 4. The fraction of sp³-hybridized carbons (Fsp3) is 0.467. The van der Waals surface area contributed by atoms with E-state index < -0.39 is 12.0 Å². The van der Waals surface area contributed by atoms with Crippen molar-refractivity contribution in [1.29, 1.82) is 0 Å². The maximum Gasteiger partial charge on any atom is 0.276 e. The van der Waals surface area contributed by atoms with Crippen LogP contribution in [0.5, 0.6) is 5.75 Å². The predicted octanol–water partition coefficient (Wildman–Crippen LogP) is 1.01. The molecule has 1 aliphatic heterocycles. The Morgan fingerprint density at radius 3 is 2.86 bits per heavy atom. The number of amides is 2. The second kappa shape index (κ2) is 7.08. The van der Waals surface area contributed by atoms with Crippen LogP contribution >= 0.6 is 0 Å². The summed E-state index contributed by atoms with van der Waals surface area (Å²) in [5.74, 6) is -0.0783. The number of ether oxygens (including phenoxy) is 2. The van der Waals surface area contributed by atoms with Crippen molar-refractivity contribution in [2.24, 2.45) is 0 Å². The molecule has 2 N–H and O–H groups in total. The summed E-state index contributed by atoms with van der Waals surface area (Å²) in [6.07, 6.45) is 1.08. The van der Waals surface area contributed by atoms with E-state index in [1.165, 1.54) is 0 Å². The van der Waals surface area contributed by atoms with Crippen LogP contribution in [0.1, 0.15) is 24.0 Å². The van der Waals surface area contributed by atoms with Gasteiger partial charge in [0.1, 0.15) is 11.9 Å². The first-order valence-electron chi connectivity index (χ1n) is 6.96. The lowest BCUT2D eigenvalue weighted by atomic mass is 10.1. The first-order valence-corrected chi connectivity index (χ1v) is 6.96. The van der Waals surface area contributed by atoms with Crippen molar-refractivity contribution >= 4 is 11.8 Å². The fourth-order valence-corrected chi connectivity index (χ4v) is 2.04. The highest BCUT2D eigenvalue weighted by Gasteiger charge is 2.23. The van der Waals surface area contributed by atoms with Gasteiger partial charge in [0.2, 0.25) is 0 Å². The molecule has 0 aromatic heterocycles. The summed E-state index contributed by atoms with van der Waals surface area (Å²) in [4.78, 5) is 23.3. The topological polar surface area (TPSA) is 76.7 Å². The third-order valence-corrected chi connectivity index (χ3v) is 3.25. The van der Waals surface area contributed by atoms with E-state index in [0.717, 1.165) is 17.5 Å². The summed E-state index contributed by atoms with van der Waals surface area (Å²) in [6, 6.07) is 5.78. The molecular formula is C15H20N2O4. The van der Waals surface area contributed by atoms with Crippen LogP contribution in [0.15, 0.2) is 18.2 Å². The third-order valence-electron chi connectivity index (χ3n) is 3.25. The monoisotopic (exact) mass is 292 g/mol. The number of benzene rings is 1. The van der Waals surface area contributed by atoms with Gasteiger partial charge in [0, 0.05) is 6.61 Å². The molecule has 0 aliphatic carbocycles. The number of carbonyl (C=O) groups is 2. The highest BCUT2D eigenvalue weighted by atomic mass is 16.5. The lowest BCUT2D eigenvalue weighted by molar-refractivity contribution is -0.135. The Morgan fingerprint density at radius 2 is 2.14 bits per heavy atom. The summed E-state index contributed by atoms with van der Waals surface area (Å²) in [7, 11) is 0. The van der Waals surface area contributed by atoms with Crippen molar-refractivity contribution in [2.45, 2.75) is 32.8 Å². The van der Waals surface area contributed by atoms with Crippen LogP contribution in [0.3, 0.4) is 0 Å². The molecule has 6 nitrogen and oxygen atoms in total. The molecule has 1 aromatic rings. The van der Waals surface area contributed by atoms with Gasteiger partial charge in [-0.25, -0.2) is 0 Å². The Kier molecular flexibility index (Phi) is 5.16. The molecule has 2 rings (SSSR count). The molecule has 1 heterocycles. The molecule has 1 aliphatic rings. The van der Waals surface area contributed by atoms with E-state index in [2.05, 4.69) is 10.9 Å². The third kappa shape index (κ3) is 4.46. The van der Waals surface area contributed by atoms with Crippen LogP contribution in [-0.2, 0) is 14.3 Å². The maximum atomic E-state index is 11.6. The standard InChI is InChI=1S/C15H20N2O4/c1-10-5-6-11(2)13(8-10)21-9-14(18)16-17-15(19)12-4-3-7-20-12/h5-6,8,12H,3-4,7,9H2,1-2H3,(H,16,18)(H,17,19). The largest absolute Gasteiger partial charge is 0.483 e. The zero-order chi connectivity index (χ0) is 15.2. The van der Waals surface area contributed by atoms with E-state index >= 15 is 0 Å². The Balaban J connectivity index is 1.74. The molecule has 1 atom stereocenters. The van der Waals surface area contributed by atoms with Gasteiger partial charge in [-0.05, 0) is 43.9 Å².